The number of hydrogen-bond acceptors (Lipinski definition) is 10. The van der Waals surface area contributed by atoms with Gasteiger partial charge in [-0.05, 0) is 38.1 Å². The lowest BCUT2D eigenvalue weighted by molar-refractivity contribution is -0.115. The van der Waals surface area contributed by atoms with E-state index in [0.29, 0.717) is 28.1 Å². The summed E-state index contributed by atoms with van der Waals surface area (Å²) in [6.45, 7) is 5.33. The van der Waals surface area contributed by atoms with Crippen LogP contribution in [0, 0.1) is 13.8 Å². The lowest BCUT2D eigenvalue weighted by atomic mass is 10.3. The number of hydrogen-bond donors (Lipinski definition) is 3. The molecule has 0 spiro atoms. The highest BCUT2D eigenvalue weighted by Gasteiger charge is 2.17. The molecule has 0 unspecified atom stereocenters. The first-order valence-corrected chi connectivity index (χ1v) is 13.0. The third-order valence-electron chi connectivity index (χ3n) is 4.38. The molecule has 0 aliphatic rings. The van der Waals surface area contributed by atoms with Gasteiger partial charge in [-0.15, -0.1) is 28.3 Å². The van der Waals surface area contributed by atoms with Crippen LogP contribution in [0.5, 0.6) is 0 Å². The largest absolute Gasteiger partial charge is 0.360 e. The molecule has 0 atom stereocenters. The average molecular weight is 586 g/mol. The zero-order valence-electron chi connectivity index (χ0n) is 18.3. The molecule has 180 valence electrons. The number of thiazole rings is 2. The smallest absolute Gasteiger partial charge is 0.263 e. The van der Waals surface area contributed by atoms with Crippen molar-refractivity contribution < 1.29 is 17.7 Å². The van der Waals surface area contributed by atoms with E-state index in [-0.39, 0.29) is 33.6 Å². The Morgan fingerprint density at radius 1 is 1.12 bits per heavy atom. The number of halogens is 1. The fraction of sp³-hybridized carbons (Fsp3) is 0.200. The molecular weight excluding hydrogens is 564 g/mol. The molecule has 0 radical (unpaired) electrons. The second-order valence-corrected chi connectivity index (χ2v) is 10.5. The zero-order valence-corrected chi connectivity index (χ0v) is 22.4. The maximum absolute atomic E-state index is 12.5. The summed E-state index contributed by atoms with van der Waals surface area (Å²) in [7, 11) is -3.78. The topological polar surface area (TPSA) is 139 Å². The summed E-state index contributed by atoms with van der Waals surface area (Å²) < 4.78 is 32.3. The number of carbonyl (C=O) groups is 1. The van der Waals surface area contributed by atoms with Gasteiger partial charge in [0.25, 0.3) is 10.0 Å². The minimum atomic E-state index is -3.78. The van der Waals surface area contributed by atoms with Crippen LogP contribution in [0.1, 0.15) is 24.8 Å². The molecule has 34 heavy (non-hydrogen) atoms. The summed E-state index contributed by atoms with van der Waals surface area (Å²) in [6, 6.07) is 7.78. The van der Waals surface area contributed by atoms with Crippen molar-refractivity contribution in [2.45, 2.75) is 32.1 Å². The van der Waals surface area contributed by atoms with Crippen molar-refractivity contribution in [2.24, 2.45) is 0 Å². The lowest BCUT2D eigenvalue weighted by Crippen LogP contribution is -2.13. The Balaban J connectivity index is 0.00000324. The second kappa shape index (κ2) is 10.6. The molecule has 1 amide bonds. The number of sulfonamides is 1. The van der Waals surface area contributed by atoms with Crippen molar-refractivity contribution in [2.75, 3.05) is 15.4 Å². The van der Waals surface area contributed by atoms with Gasteiger partial charge in [0.1, 0.15) is 5.76 Å². The normalized spacial score (nSPS) is 11.0. The lowest BCUT2D eigenvalue weighted by Gasteiger charge is -2.07. The molecule has 10 nitrogen and oxygen atoms in total. The van der Waals surface area contributed by atoms with Gasteiger partial charge in [-0.3, -0.25) is 9.52 Å². The number of nitrogens with zero attached hydrogens (tertiary/aromatic N) is 3. The molecule has 0 bridgehead atoms. The summed E-state index contributed by atoms with van der Waals surface area (Å²) in [5, 5.41) is 12.7. The fourth-order valence-corrected chi connectivity index (χ4v) is 5.51. The third-order valence-corrected chi connectivity index (χ3v) is 7.61. The molecule has 0 aliphatic carbocycles. The van der Waals surface area contributed by atoms with E-state index in [1.54, 1.807) is 26.0 Å². The first kappa shape index (κ1) is 25.8. The predicted octanol–water partition coefficient (Wildman–Crippen LogP) is 5.34. The van der Waals surface area contributed by atoms with E-state index in [9.17, 15) is 13.2 Å². The Labute approximate surface area is 214 Å². The standard InChI is InChI=1S/C20H20N6O4S3.BrH/c1-4-17(27)24-20-21-12(3)18(32-20)15-10-31-19(23-15)22-13-5-7-14(8-6-13)33(28,29)26-16-9-11(2)30-25-16;/h5-10H,4H2,1-3H3,(H,22,23)(H,25,26)(H,21,24,27);1H. The number of anilines is 4. The summed E-state index contributed by atoms with van der Waals surface area (Å²) in [5.41, 5.74) is 2.22. The van der Waals surface area contributed by atoms with Crippen molar-refractivity contribution in [1.82, 2.24) is 15.1 Å². The Morgan fingerprint density at radius 2 is 1.85 bits per heavy atom. The van der Waals surface area contributed by atoms with Crippen molar-refractivity contribution in [3.63, 3.8) is 0 Å². The number of nitrogens with one attached hydrogen (secondary N) is 3. The first-order chi connectivity index (χ1) is 15.7. The predicted molar refractivity (Wildman–Crippen MR) is 139 cm³/mol. The van der Waals surface area contributed by atoms with Crippen LogP contribution in [-0.2, 0) is 14.8 Å². The van der Waals surface area contributed by atoms with Gasteiger partial charge in [-0.1, -0.05) is 23.4 Å². The molecule has 0 saturated heterocycles. The molecule has 4 rings (SSSR count). The first-order valence-electron chi connectivity index (χ1n) is 9.80. The third kappa shape index (κ3) is 6.00. The SMILES string of the molecule is Br.CCC(=O)Nc1nc(C)c(-c2csc(Nc3ccc(S(=O)(=O)Nc4cc(C)on4)cc3)n2)s1. The second-order valence-electron chi connectivity index (χ2n) is 6.95. The molecule has 14 heteroatoms. The van der Waals surface area contributed by atoms with Crippen molar-refractivity contribution in [3.8, 4) is 10.6 Å². The van der Waals surface area contributed by atoms with Crippen LogP contribution >= 0.6 is 39.7 Å². The van der Waals surface area contributed by atoms with E-state index in [1.165, 1.54) is 40.9 Å². The minimum absolute atomic E-state index is 0. The molecule has 3 N–H and O–H groups in total. The van der Waals surface area contributed by atoms with E-state index >= 15 is 0 Å². The number of aromatic nitrogens is 3. The van der Waals surface area contributed by atoms with Gasteiger partial charge in [-0.2, -0.15) is 0 Å². The summed E-state index contributed by atoms with van der Waals surface area (Å²) in [4.78, 5) is 21.6. The molecule has 3 heterocycles. The maximum atomic E-state index is 12.5. The molecule has 1 aromatic carbocycles. The quantitative estimate of drug-likeness (QED) is 0.252. The average Bonchev–Trinajstić information content (AvgIpc) is 3.48. The fourth-order valence-electron chi connectivity index (χ4n) is 2.78. The molecule has 3 aromatic heterocycles. The van der Waals surface area contributed by atoms with Crippen LogP contribution in [-0.4, -0.2) is 29.4 Å². The Morgan fingerprint density at radius 3 is 2.50 bits per heavy atom. The van der Waals surface area contributed by atoms with Crippen molar-refractivity contribution >= 4 is 77.4 Å². The van der Waals surface area contributed by atoms with Gasteiger partial charge in [0, 0.05) is 23.6 Å². The van der Waals surface area contributed by atoms with Gasteiger partial charge < -0.3 is 15.2 Å². The summed E-state index contributed by atoms with van der Waals surface area (Å²) >= 11 is 2.78. The molecular formula is C20H21BrN6O4S3. The van der Waals surface area contributed by atoms with Gasteiger partial charge in [0.2, 0.25) is 5.91 Å². The molecule has 0 aliphatic heterocycles. The monoisotopic (exact) mass is 584 g/mol. The summed E-state index contributed by atoms with van der Waals surface area (Å²) in [6.07, 6.45) is 0.384. The van der Waals surface area contributed by atoms with Crippen LogP contribution < -0.4 is 15.4 Å². The minimum Gasteiger partial charge on any atom is -0.360 e. The van der Waals surface area contributed by atoms with Gasteiger partial charge in [-0.25, -0.2) is 18.4 Å². The Bertz CT molecular complexity index is 1400. The van der Waals surface area contributed by atoms with Gasteiger partial charge in [0.05, 0.1) is 21.2 Å². The van der Waals surface area contributed by atoms with Crippen LogP contribution in [0.15, 0.2) is 45.1 Å². The van der Waals surface area contributed by atoms with E-state index in [2.05, 4.69) is 30.5 Å². The number of rotatable bonds is 8. The van der Waals surface area contributed by atoms with E-state index in [4.69, 9.17) is 4.52 Å². The van der Waals surface area contributed by atoms with E-state index in [0.717, 1.165) is 16.3 Å². The summed E-state index contributed by atoms with van der Waals surface area (Å²) in [5.74, 6) is 0.541. The molecule has 4 aromatic rings. The van der Waals surface area contributed by atoms with Crippen LogP contribution in [0.3, 0.4) is 0 Å². The van der Waals surface area contributed by atoms with Crippen molar-refractivity contribution in [1.29, 1.82) is 0 Å². The Hall–Kier alpha value is -2.81. The number of amides is 1. The molecule has 0 saturated carbocycles. The number of aryl methyl sites for hydroxylation is 2. The zero-order chi connectivity index (χ0) is 23.6. The highest BCUT2D eigenvalue weighted by atomic mass is 79.9. The Kier molecular flexibility index (Phi) is 8.07. The van der Waals surface area contributed by atoms with Crippen LogP contribution in [0.25, 0.3) is 10.6 Å². The number of carbonyl (C=O) groups excluding carboxylic acids is 1. The van der Waals surface area contributed by atoms with Crippen LogP contribution in [0.4, 0.5) is 21.8 Å². The van der Waals surface area contributed by atoms with E-state index in [1.807, 2.05) is 12.3 Å². The van der Waals surface area contributed by atoms with Gasteiger partial charge >= 0.3 is 0 Å². The van der Waals surface area contributed by atoms with E-state index < -0.39 is 10.0 Å². The maximum Gasteiger partial charge on any atom is 0.263 e. The van der Waals surface area contributed by atoms with Crippen molar-refractivity contribution in [3.05, 3.63) is 47.2 Å². The highest BCUT2D eigenvalue weighted by Crippen LogP contribution is 2.35. The van der Waals surface area contributed by atoms with Gasteiger partial charge in [0.15, 0.2) is 16.1 Å². The van der Waals surface area contributed by atoms with Crippen LogP contribution in [0.2, 0.25) is 0 Å². The highest BCUT2D eigenvalue weighted by molar-refractivity contribution is 8.93. The number of benzene rings is 1. The molecule has 0 fully saturated rings.